The third kappa shape index (κ3) is 2.44. The Labute approximate surface area is 106 Å². The number of sulfonamides is 1. The van der Waals surface area contributed by atoms with E-state index in [2.05, 4.69) is 9.71 Å². The molecule has 0 bridgehead atoms. The van der Waals surface area contributed by atoms with Crippen molar-refractivity contribution in [2.75, 3.05) is 11.3 Å². The molecule has 1 aromatic heterocycles. The maximum atomic E-state index is 11.9. The van der Waals surface area contributed by atoms with E-state index in [1.165, 1.54) is 6.92 Å². The lowest BCUT2D eigenvalue weighted by molar-refractivity contribution is 0.296. The van der Waals surface area contributed by atoms with Crippen molar-refractivity contribution in [1.82, 2.24) is 4.98 Å². The molecule has 6 heteroatoms. The van der Waals surface area contributed by atoms with Gasteiger partial charge in [0.1, 0.15) is 5.25 Å². The molecule has 1 unspecified atom stereocenters. The molecular weight excluding hydrogens is 252 g/mol. The fourth-order valence-electron chi connectivity index (χ4n) is 1.55. The summed E-state index contributed by atoms with van der Waals surface area (Å²) in [6.07, 6.45) is 3.26. The molecule has 1 aromatic carbocycles. The molecular formula is C12H14N2O3S. The van der Waals surface area contributed by atoms with Crippen molar-refractivity contribution in [3.05, 3.63) is 36.7 Å². The average molecular weight is 266 g/mol. The predicted molar refractivity (Wildman–Crippen MR) is 70.8 cm³/mol. The lowest BCUT2D eigenvalue weighted by Crippen LogP contribution is -2.28. The number of rotatable bonds is 4. The van der Waals surface area contributed by atoms with Gasteiger partial charge in [0, 0.05) is 17.8 Å². The van der Waals surface area contributed by atoms with Crippen LogP contribution < -0.4 is 4.72 Å². The average Bonchev–Trinajstić information content (AvgIpc) is 2.38. The number of nitrogens with zero attached hydrogens (tertiary/aromatic N) is 1. The summed E-state index contributed by atoms with van der Waals surface area (Å²) in [5.41, 5.74) is 0.473. The number of pyridine rings is 1. The Morgan fingerprint density at radius 1 is 1.39 bits per heavy atom. The van der Waals surface area contributed by atoms with E-state index in [0.717, 1.165) is 10.8 Å². The number of aromatic nitrogens is 1. The monoisotopic (exact) mass is 266 g/mol. The van der Waals surface area contributed by atoms with Gasteiger partial charge < -0.3 is 5.11 Å². The van der Waals surface area contributed by atoms with Crippen LogP contribution in [-0.2, 0) is 10.0 Å². The van der Waals surface area contributed by atoms with Crippen LogP contribution in [0, 0.1) is 0 Å². The molecule has 0 saturated heterocycles. The van der Waals surface area contributed by atoms with Crippen molar-refractivity contribution >= 4 is 26.5 Å². The number of fused-ring (bicyclic) bond motifs is 1. The molecule has 1 atom stereocenters. The summed E-state index contributed by atoms with van der Waals surface area (Å²) in [4.78, 5) is 3.98. The van der Waals surface area contributed by atoms with Crippen LogP contribution in [0.1, 0.15) is 6.92 Å². The minimum Gasteiger partial charge on any atom is -0.395 e. The van der Waals surface area contributed by atoms with E-state index < -0.39 is 21.9 Å². The standard InChI is InChI=1S/C12H14N2O3S/c1-9(8-15)18(16,17)14-12-4-2-3-10-5-6-13-7-11(10)12/h2-7,9,14-15H,8H2,1H3. The summed E-state index contributed by atoms with van der Waals surface area (Å²) in [5.74, 6) is 0. The number of hydrogen-bond acceptors (Lipinski definition) is 4. The van der Waals surface area contributed by atoms with Crippen LogP contribution in [0.25, 0.3) is 10.8 Å². The summed E-state index contributed by atoms with van der Waals surface area (Å²) >= 11 is 0. The maximum absolute atomic E-state index is 11.9. The van der Waals surface area contributed by atoms with Gasteiger partial charge >= 0.3 is 0 Å². The van der Waals surface area contributed by atoms with Gasteiger partial charge in [0.15, 0.2) is 0 Å². The van der Waals surface area contributed by atoms with Crippen LogP contribution in [0.15, 0.2) is 36.7 Å². The molecule has 1 heterocycles. The second kappa shape index (κ2) is 4.91. The van der Waals surface area contributed by atoms with Crippen LogP contribution in [0.4, 0.5) is 5.69 Å². The third-order valence-corrected chi connectivity index (χ3v) is 4.44. The number of nitrogens with one attached hydrogen (secondary N) is 1. The Bertz CT molecular complexity index is 650. The molecule has 0 amide bonds. The van der Waals surface area contributed by atoms with Crippen molar-refractivity contribution in [3.8, 4) is 0 Å². The highest BCUT2D eigenvalue weighted by Crippen LogP contribution is 2.23. The predicted octanol–water partition coefficient (Wildman–Crippen LogP) is 1.36. The van der Waals surface area contributed by atoms with Crippen molar-refractivity contribution in [2.24, 2.45) is 0 Å². The molecule has 0 radical (unpaired) electrons. The highest BCUT2D eigenvalue weighted by atomic mass is 32.2. The van der Waals surface area contributed by atoms with Crippen molar-refractivity contribution in [3.63, 3.8) is 0 Å². The Morgan fingerprint density at radius 3 is 2.89 bits per heavy atom. The normalized spacial score (nSPS) is 13.4. The topological polar surface area (TPSA) is 79.3 Å². The van der Waals surface area contributed by atoms with E-state index in [1.54, 1.807) is 24.5 Å². The number of hydrogen-bond donors (Lipinski definition) is 2. The zero-order valence-corrected chi connectivity index (χ0v) is 10.7. The van der Waals surface area contributed by atoms with Gasteiger partial charge in [0.2, 0.25) is 10.0 Å². The smallest absolute Gasteiger partial charge is 0.237 e. The molecule has 96 valence electrons. The van der Waals surface area contributed by atoms with E-state index in [1.807, 2.05) is 12.1 Å². The number of aliphatic hydroxyl groups is 1. The number of aliphatic hydroxyl groups excluding tert-OH is 1. The molecule has 2 N–H and O–H groups in total. The van der Waals surface area contributed by atoms with Gasteiger partial charge in [0.25, 0.3) is 0 Å². The largest absolute Gasteiger partial charge is 0.395 e. The molecule has 0 aliphatic carbocycles. The summed E-state index contributed by atoms with van der Waals surface area (Å²) < 4.78 is 26.3. The van der Waals surface area contributed by atoms with Gasteiger partial charge in [-0.15, -0.1) is 0 Å². The van der Waals surface area contributed by atoms with Gasteiger partial charge in [0.05, 0.1) is 12.3 Å². The van der Waals surface area contributed by atoms with Crippen molar-refractivity contribution in [1.29, 1.82) is 0 Å². The fraction of sp³-hybridized carbons (Fsp3) is 0.250. The van der Waals surface area contributed by atoms with Gasteiger partial charge in [-0.2, -0.15) is 0 Å². The van der Waals surface area contributed by atoms with Crippen LogP contribution >= 0.6 is 0 Å². The maximum Gasteiger partial charge on any atom is 0.237 e. The van der Waals surface area contributed by atoms with Crippen LogP contribution in [0.2, 0.25) is 0 Å². The Kier molecular flexibility index (Phi) is 3.49. The third-order valence-electron chi connectivity index (χ3n) is 2.72. The number of anilines is 1. The molecule has 0 fully saturated rings. The lowest BCUT2D eigenvalue weighted by atomic mass is 10.1. The second-order valence-corrected chi connectivity index (χ2v) is 6.14. The quantitative estimate of drug-likeness (QED) is 0.875. The van der Waals surface area contributed by atoms with E-state index in [4.69, 9.17) is 5.11 Å². The Hall–Kier alpha value is -1.66. The van der Waals surface area contributed by atoms with Crippen molar-refractivity contribution in [2.45, 2.75) is 12.2 Å². The summed E-state index contributed by atoms with van der Waals surface area (Å²) in [6.45, 7) is 1.03. The van der Waals surface area contributed by atoms with Crippen LogP contribution in [0.3, 0.4) is 0 Å². The van der Waals surface area contributed by atoms with Gasteiger partial charge in [-0.05, 0) is 24.4 Å². The van der Waals surface area contributed by atoms with Gasteiger partial charge in [-0.3, -0.25) is 9.71 Å². The molecule has 0 saturated carbocycles. The fourth-order valence-corrected chi connectivity index (χ4v) is 2.44. The molecule has 2 aromatic rings. The first kappa shape index (κ1) is 12.8. The minimum absolute atomic E-state index is 0.418. The SMILES string of the molecule is CC(CO)S(=O)(=O)Nc1cccc2ccncc12. The Morgan fingerprint density at radius 2 is 2.17 bits per heavy atom. The highest BCUT2D eigenvalue weighted by molar-refractivity contribution is 7.93. The molecule has 2 rings (SSSR count). The van der Waals surface area contributed by atoms with E-state index in [-0.39, 0.29) is 0 Å². The van der Waals surface area contributed by atoms with Crippen LogP contribution in [-0.4, -0.2) is 30.4 Å². The van der Waals surface area contributed by atoms with Gasteiger partial charge in [-0.25, -0.2) is 8.42 Å². The van der Waals surface area contributed by atoms with E-state index >= 15 is 0 Å². The molecule has 5 nitrogen and oxygen atoms in total. The summed E-state index contributed by atoms with van der Waals surface area (Å²) in [7, 11) is -3.58. The van der Waals surface area contributed by atoms with Gasteiger partial charge in [-0.1, -0.05) is 12.1 Å². The summed E-state index contributed by atoms with van der Waals surface area (Å²) in [6, 6.07) is 7.13. The van der Waals surface area contributed by atoms with Crippen LogP contribution in [0.5, 0.6) is 0 Å². The summed E-state index contributed by atoms with van der Waals surface area (Å²) in [5, 5.41) is 9.71. The zero-order chi connectivity index (χ0) is 13.2. The molecule has 0 aliphatic rings. The zero-order valence-electron chi connectivity index (χ0n) is 9.87. The lowest BCUT2D eigenvalue weighted by Gasteiger charge is -2.13. The van der Waals surface area contributed by atoms with E-state index in [0.29, 0.717) is 5.69 Å². The Balaban J connectivity index is 2.44. The molecule has 0 aliphatic heterocycles. The first-order valence-corrected chi connectivity index (χ1v) is 7.04. The first-order valence-electron chi connectivity index (χ1n) is 5.50. The highest BCUT2D eigenvalue weighted by Gasteiger charge is 2.20. The first-order chi connectivity index (χ1) is 8.54. The molecule has 18 heavy (non-hydrogen) atoms. The minimum atomic E-state index is -3.58. The van der Waals surface area contributed by atoms with E-state index in [9.17, 15) is 8.42 Å². The molecule has 0 spiro atoms. The number of benzene rings is 1. The van der Waals surface area contributed by atoms with Crippen molar-refractivity contribution < 1.29 is 13.5 Å². The second-order valence-electron chi connectivity index (χ2n) is 4.04.